The molecule has 6 heteroatoms. The SMILES string of the molecule is NC1(Cl)C=C(c2ccsc2)C(N(CCO)CCO)=CC1. The van der Waals surface area contributed by atoms with E-state index in [9.17, 15) is 10.2 Å². The molecule has 1 aliphatic carbocycles. The second kappa shape index (κ2) is 6.74. The van der Waals surface area contributed by atoms with Gasteiger partial charge in [-0.05, 0) is 28.5 Å². The van der Waals surface area contributed by atoms with Crippen molar-refractivity contribution in [2.45, 2.75) is 11.4 Å². The van der Waals surface area contributed by atoms with Gasteiger partial charge < -0.3 is 20.8 Å². The van der Waals surface area contributed by atoms with Crippen LogP contribution < -0.4 is 5.73 Å². The lowest BCUT2D eigenvalue weighted by Gasteiger charge is -2.33. The van der Waals surface area contributed by atoms with Crippen LogP contribution in [0, 0.1) is 0 Å². The van der Waals surface area contributed by atoms with Crippen molar-refractivity contribution in [1.29, 1.82) is 0 Å². The highest BCUT2D eigenvalue weighted by Gasteiger charge is 2.27. The van der Waals surface area contributed by atoms with Gasteiger partial charge in [-0.3, -0.25) is 0 Å². The van der Waals surface area contributed by atoms with Crippen molar-refractivity contribution < 1.29 is 10.2 Å². The summed E-state index contributed by atoms with van der Waals surface area (Å²) in [6, 6.07) is 2.01. The molecule has 1 unspecified atom stereocenters. The number of halogens is 1. The van der Waals surface area contributed by atoms with E-state index in [4.69, 9.17) is 17.3 Å². The first kappa shape index (κ1) is 15.5. The highest BCUT2D eigenvalue weighted by Crippen LogP contribution is 2.36. The van der Waals surface area contributed by atoms with Crippen LogP contribution in [0.25, 0.3) is 5.57 Å². The Morgan fingerprint density at radius 1 is 1.35 bits per heavy atom. The monoisotopic (exact) mass is 314 g/mol. The molecule has 0 saturated carbocycles. The summed E-state index contributed by atoms with van der Waals surface area (Å²) in [5.74, 6) is 0. The minimum atomic E-state index is -0.884. The third-order valence-corrected chi connectivity index (χ3v) is 4.13. The van der Waals surface area contributed by atoms with Crippen LogP contribution in [-0.4, -0.2) is 46.4 Å². The molecular weight excluding hydrogens is 296 g/mol. The molecule has 0 spiro atoms. The Labute approximate surface area is 127 Å². The molecular formula is C14H19ClN2O2S. The van der Waals surface area contributed by atoms with Crippen molar-refractivity contribution in [2.24, 2.45) is 5.73 Å². The Balaban J connectivity index is 2.35. The molecule has 4 N–H and O–H groups in total. The first-order chi connectivity index (χ1) is 9.57. The molecule has 2 rings (SSSR count). The smallest absolute Gasteiger partial charge is 0.114 e. The van der Waals surface area contributed by atoms with Gasteiger partial charge in [-0.15, -0.1) is 0 Å². The van der Waals surface area contributed by atoms with Gasteiger partial charge in [-0.2, -0.15) is 11.3 Å². The Morgan fingerprint density at radius 2 is 2.05 bits per heavy atom. The van der Waals surface area contributed by atoms with Gasteiger partial charge in [0.15, 0.2) is 0 Å². The number of hydrogen-bond donors (Lipinski definition) is 3. The maximum absolute atomic E-state index is 9.19. The molecule has 0 fully saturated rings. The normalized spacial score (nSPS) is 22.4. The first-order valence-corrected chi connectivity index (χ1v) is 7.80. The third kappa shape index (κ3) is 3.62. The zero-order valence-electron chi connectivity index (χ0n) is 11.1. The molecule has 1 aromatic heterocycles. The number of hydrogen-bond acceptors (Lipinski definition) is 5. The fourth-order valence-corrected chi connectivity index (χ4v) is 3.12. The van der Waals surface area contributed by atoms with Crippen molar-refractivity contribution in [1.82, 2.24) is 4.90 Å². The summed E-state index contributed by atoms with van der Waals surface area (Å²) in [5.41, 5.74) is 8.99. The van der Waals surface area contributed by atoms with Crippen LogP contribution in [-0.2, 0) is 0 Å². The van der Waals surface area contributed by atoms with Crippen molar-refractivity contribution in [3.8, 4) is 0 Å². The summed E-state index contributed by atoms with van der Waals surface area (Å²) in [5, 5.41) is 22.4. The minimum absolute atomic E-state index is 0.0307. The molecule has 20 heavy (non-hydrogen) atoms. The zero-order chi connectivity index (χ0) is 14.6. The Bertz CT molecular complexity index is 491. The molecule has 1 aromatic rings. The van der Waals surface area contributed by atoms with E-state index in [1.54, 1.807) is 11.3 Å². The molecule has 0 aromatic carbocycles. The van der Waals surface area contributed by atoms with Gasteiger partial charge in [0.25, 0.3) is 0 Å². The molecule has 110 valence electrons. The lowest BCUT2D eigenvalue weighted by atomic mass is 9.94. The van der Waals surface area contributed by atoms with Gasteiger partial charge in [0.1, 0.15) is 5.00 Å². The van der Waals surface area contributed by atoms with E-state index >= 15 is 0 Å². The lowest BCUT2D eigenvalue weighted by Crippen LogP contribution is -2.36. The molecule has 1 heterocycles. The summed E-state index contributed by atoms with van der Waals surface area (Å²) in [6.07, 6.45) is 4.35. The summed E-state index contributed by atoms with van der Waals surface area (Å²) in [7, 11) is 0. The van der Waals surface area contributed by atoms with Gasteiger partial charge >= 0.3 is 0 Å². The van der Waals surface area contributed by atoms with Crippen LogP contribution in [0.5, 0.6) is 0 Å². The molecule has 1 atom stereocenters. The number of alkyl halides is 1. The van der Waals surface area contributed by atoms with Gasteiger partial charge in [0.2, 0.25) is 0 Å². The molecule has 4 nitrogen and oxygen atoms in total. The van der Waals surface area contributed by atoms with Gasteiger partial charge in [-0.1, -0.05) is 17.7 Å². The second-order valence-electron chi connectivity index (χ2n) is 4.72. The maximum Gasteiger partial charge on any atom is 0.114 e. The van der Waals surface area contributed by atoms with Gasteiger partial charge in [0.05, 0.1) is 13.2 Å². The quantitative estimate of drug-likeness (QED) is 0.551. The van der Waals surface area contributed by atoms with Crippen molar-refractivity contribution >= 4 is 28.5 Å². The van der Waals surface area contributed by atoms with Crippen LogP contribution in [0.15, 0.2) is 34.7 Å². The number of rotatable bonds is 6. The van der Waals surface area contributed by atoms with E-state index in [1.807, 2.05) is 33.9 Å². The summed E-state index contributed by atoms with van der Waals surface area (Å²) in [4.78, 5) is 1.07. The van der Waals surface area contributed by atoms with Crippen LogP contribution in [0.1, 0.15) is 12.0 Å². The Kier molecular flexibility index (Phi) is 5.23. The maximum atomic E-state index is 9.19. The van der Waals surface area contributed by atoms with E-state index in [0.717, 1.165) is 16.8 Å². The van der Waals surface area contributed by atoms with E-state index in [1.165, 1.54) is 0 Å². The third-order valence-electron chi connectivity index (χ3n) is 3.18. The molecule has 1 aliphatic rings. The Morgan fingerprint density at radius 3 is 2.60 bits per heavy atom. The first-order valence-electron chi connectivity index (χ1n) is 6.48. The van der Waals surface area contributed by atoms with Crippen LogP contribution >= 0.6 is 22.9 Å². The molecule has 0 radical (unpaired) electrons. The fourth-order valence-electron chi connectivity index (χ4n) is 2.28. The highest BCUT2D eigenvalue weighted by molar-refractivity contribution is 7.08. The van der Waals surface area contributed by atoms with E-state index in [2.05, 4.69) is 0 Å². The summed E-state index contributed by atoms with van der Waals surface area (Å²) < 4.78 is 0. The second-order valence-corrected chi connectivity index (χ2v) is 6.21. The van der Waals surface area contributed by atoms with Crippen molar-refractivity contribution in [3.05, 3.63) is 40.2 Å². The minimum Gasteiger partial charge on any atom is -0.395 e. The van der Waals surface area contributed by atoms with E-state index in [-0.39, 0.29) is 13.2 Å². The number of allylic oxidation sites excluding steroid dienone is 1. The van der Waals surface area contributed by atoms with Gasteiger partial charge in [-0.25, -0.2) is 0 Å². The molecule has 0 aliphatic heterocycles. The number of nitrogens with two attached hydrogens (primary N) is 1. The summed E-state index contributed by atoms with van der Waals surface area (Å²) >= 11 is 7.86. The predicted octanol–water partition coefficient (Wildman–Crippen LogP) is 1.60. The Hall–Kier alpha value is -0.850. The average molecular weight is 315 g/mol. The number of nitrogens with zero attached hydrogens (tertiary/aromatic N) is 1. The standard InChI is InChI=1S/C14H19ClN2O2S/c15-14(16)3-1-13(17(4-6-18)5-7-19)12(9-14)11-2-8-20-10-11/h1-2,8-10,18-19H,3-7,16H2. The zero-order valence-corrected chi connectivity index (χ0v) is 12.7. The molecule has 0 bridgehead atoms. The van der Waals surface area contributed by atoms with Crippen molar-refractivity contribution in [2.75, 3.05) is 26.3 Å². The topological polar surface area (TPSA) is 69.7 Å². The summed E-state index contributed by atoms with van der Waals surface area (Å²) in [6.45, 7) is 0.993. The number of aliphatic hydroxyl groups excluding tert-OH is 2. The van der Waals surface area contributed by atoms with Gasteiger partial charge in [0, 0.05) is 30.8 Å². The number of aliphatic hydroxyl groups is 2. The van der Waals surface area contributed by atoms with E-state index < -0.39 is 5.00 Å². The average Bonchev–Trinajstić information content (AvgIpc) is 2.91. The molecule has 0 amide bonds. The van der Waals surface area contributed by atoms with Crippen LogP contribution in [0.4, 0.5) is 0 Å². The largest absolute Gasteiger partial charge is 0.395 e. The molecule has 0 saturated heterocycles. The number of thiophene rings is 1. The van der Waals surface area contributed by atoms with Crippen molar-refractivity contribution in [3.63, 3.8) is 0 Å². The lowest BCUT2D eigenvalue weighted by molar-refractivity contribution is 0.192. The van der Waals surface area contributed by atoms with E-state index in [0.29, 0.717) is 19.5 Å². The van der Waals surface area contributed by atoms with Crippen LogP contribution in [0.3, 0.4) is 0 Å². The predicted molar refractivity (Wildman–Crippen MR) is 83.5 cm³/mol. The fraction of sp³-hybridized carbons (Fsp3) is 0.429. The highest BCUT2D eigenvalue weighted by atomic mass is 35.5. The van der Waals surface area contributed by atoms with Crippen LogP contribution in [0.2, 0.25) is 0 Å².